The molecule has 5 nitrogen and oxygen atoms in total. The minimum Gasteiger partial charge on any atom is -0.359 e. The van der Waals surface area contributed by atoms with Gasteiger partial charge in [0.1, 0.15) is 6.54 Å². The van der Waals surface area contributed by atoms with Crippen molar-refractivity contribution in [1.82, 2.24) is 15.4 Å². The van der Waals surface area contributed by atoms with E-state index in [4.69, 9.17) is 9.52 Å². The maximum Gasteiger partial charge on any atom is 0.194 e. The third-order valence-electron chi connectivity index (χ3n) is 3.84. The van der Waals surface area contributed by atoms with Crippen molar-refractivity contribution in [2.75, 3.05) is 19.6 Å². The molecule has 1 saturated heterocycles. The number of guanidine groups is 1. The summed E-state index contributed by atoms with van der Waals surface area (Å²) in [4.78, 5) is 7.07. The molecule has 0 bridgehead atoms. The average Bonchev–Trinajstić information content (AvgIpc) is 2.92. The van der Waals surface area contributed by atoms with Gasteiger partial charge in [-0.2, -0.15) is 0 Å². The van der Waals surface area contributed by atoms with E-state index in [1.165, 1.54) is 12.8 Å². The fourth-order valence-corrected chi connectivity index (χ4v) is 2.64. The second kappa shape index (κ2) is 9.37. The number of aliphatic imine (C=N–C) groups is 1. The predicted molar refractivity (Wildman–Crippen MR) is 101 cm³/mol. The van der Waals surface area contributed by atoms with Gasteiger partial charge in [-0.15, -0.1) is 24.0 Å². The summed E-state index contributed by atoms with van der Waals surface area (Å²) >= 11 is 0. The second-order valence-corrected chi connectivity index (χ2v) is 6.24. The molecule has 1 unspecified atom stereocenters. The standard InChI is InChI=1S/C16H28N4O.HI/c1-5-17-16(20-8-6-7-13(4)11-20)18-10-14-9-15(12(2)3)19-21-14;/h9,12-13H,5-8,10-11H2,1-4H3,(H,17,18);1H. The van der Waals surface area contributed by atoms with Gasteiger partial charge in [0, 0.05) is 25.7 Å². The highest BCUT2D eigenvalue weighted by molar-refractivity contribution is 14.0. The molecule has 1 N–H and O–H groups in total. The van der Waals surface area contributed by atoms with Crippen LogP contribution in [-0.4, -0.2) is 35.7 Å². The van der Waals surface area contributed by atoms with E-state index in [0.717, 1.165) is 43.0 Å². The van der Waals surface area contributed by atoms with Crippen molar-refractivity contribution in [2.45, 2.75) is 53.0 Å². The van der Waals surface area contributed by atoms with E-state index >= 15 is 0 Å². The minimum atomic E-state index is 0. The fraction of sp³-hybridized carbons (Fsp3) is 0.750. The zero-order valence-electron chi connectivity index (χ0n) is 14.1. The van der Waals surface area contributed by atoms with Gasteiger partial charge in [-0.25, -0.2) is 4.99 Å². The number of aromatic nitrogens is 1. The molecule has 1 aromatic rings. The van der Waals surface area contributed by atoms with Crippen LogP contribution in [0.2, 0.25) is 0 Å². The number of hydrogen-bond donors (Lipinski definition) is 1. The molecular weight excluding hydrogens is 391 g/mol. The summed E-state index contributed by atoms with van der Waals surface area (Å²) in [6, 6.07) is 2.01. The Balaban J connectivity index is 0.00000242. The van der Waals surface area contributed by atoms with Crippen LogP contribution in [0.4, 0.5) is 0 Å². The topological polar surface area (TPSA) is 53.7 Å². The van der Waals surface area contributed by atoms with E-state index < -0.39 is 0 Å². The summed E-state index contributed by atoms with van der Waals surface area (Å²) in [5, 5.41) is 7.47. The molecular formula is C16H29IN4O. The molecule has 1 aliphatic rings. The van der Waals surface area contributed by atoms with E-state index in [1.54, 1.807) is 0 Å². The average molecular weight is 420 g/mol. The molecule has 0 saturated carbocycles. The van der Waals surface area contributed by atoms with Crippen LogP contribution in [0.15, 0.2) is 15.6 Å². The molecule has 1 atom stereocenters. The predicted octanol–water partition coefficient (Wildman–Crippen LogP) is 3.61. The number of hydrogen-bond acceptors (Lipinski definition) is 3. The Morgan fingerprint density at radius 2 is 2.32 bits per heavy atom. The van der Waals surface area contributed by atoms with Crippen molar-refractivity contribution in [1.29, 1.82) is 0 Å². The molecule has 1 fully saturated rings. The first-order valence-corrected chi connectivity index (χ1v) is 8.08. The summed E-state index contributed by atoms with van der Waals surface area (Å²) in [7, 11) is 0. The monoisotopic (exact) mass is 420 g/mol. The second-order valence-electron chi connectivity index (χ2n) is 6.24. The Morgan fingerprint density at radius 1 is 1.55 bits per heavy atom. The minimum absolute atomic E-state index is 0. The first-order valence-electron chi connectivity index (χ1n) is 8.08. The zero-order valence-corrected chi connectivity index (χ0v) is 16.5. The SMILES string of the molecule is CCNC(=NCc1cc(C(C)C)no1)N1CCCC(C)C1.I. The number of nitrogens with one attached hydrogen (secondary N) is 1. The van der Waals surface area contributed by atoms with Crippen molar-refractivity contribution in [2.24, 2.45) is 10.9 Å². The molecule has 2 heterocycles. The first kappa shape index (κ1) is 19.3. The maximum atomic E-state index is 5.36. The molecule has 2 rings (SSSR count). The Bertz CT molecular complexity index is 472. The lowest BCUT2D eigenvalue weighted by Crippen LogP contribution is -2.46. The van der Waals surface area contributed by atoms with E-state index in [1.807, 2.05) is 6.07 Å². The van der Waals surface area contributed by atoms with Crippen LogP contribution >= 0.6 is 24.0 Å². The fourth-order valence-electron chi connectivity index (χ4n) is 2.64. The molecule has 22 heavy (non-hydrogen) atoms. The highest BCUT2D eigenvalue weighted by atomic mass is 127. The van der Waals surface area contributed by atoms with Crippen molar-refractivity contribution >= 4 is 29.9 Å². The summed E-state index contributed by atoms with van der Waals surface area (Å²) in [5.74, 6) is 2.95. The molecule has 0 amide bonds. The third-order valence-corrected chi connectivity index (χ3v) is 3.84. The molecule has 1 aliphatic heterocycles. The lowest BCUT2D eigenvalue weighted by molar-refractivity contribution is 0.265. The molecule has 0 radical (unpaired) electrons. The van der Waals surface area contributed by atoms with Gasteiger partial charge >= 0.3 is 0 Å². The quantitative estimate of drug-likeness (QED) is 0.460. The van der Waals surface area contributed by atoms with Crippen LogP contribution in [-0.2, 0) is 6.54 Å². The number of nitrogens with zero attached hydrogens (tertiary/aromatic N) is 3. The van der Waals surface area contributed by atoms with Crippen molar-refractivity contribution in [3.63, 3.8) is 0 Å². The summed E-state index contributed by atoms with van der Waals surface area (Å²) in [6.45, 7) is 12.2. The van der Waals surface area contributed by atoms with Gasteiger partial charge in [-0.1, -0.05) is 25.9 Å². The van der Waals surface area contributed by atoms with Gasteiger partial charge in [0.25, 0.3) is 0 Å². The number of likely N-dealkylation sites (tertiary alicyclic amines) is 1. The van der Waals surface area contributed by atoms with Gasteiger partial charge in [-0.3, -0.25) is 0 Å². The van der Waals surface area contributed by atoms with Crippen LogP contribution in [0.25, 0.3) is 0 Å². The van der Waals surface area contributed by atoms with Crippen LogP contribution < -0.4 is 5.32 Å². The third kappa shape index (κ3) is 5.44. The van der Waals surface area contributed by atoms with E-state index in [0.29, 0.717) is 12.5 Å². The Kier molecular flexibility index (Phi) is 8.20. The largest absolute Gasteiger partial charge is 0.359 e. The summed E-state index contributed by atoms with van der Waals surface area (Å²) in [6.07, 6.45) is 2.56. The molecule has 0 aromatic carbocycles. The zero-order chi connectivity index (χ0) is 15.2. The van der Waals surface area contributed by atoms with Crippen molar-refractivity contribution < 1.29 is 4.52 Å². The Morgan fingerprint density at radius 3 is 2.91 bits per heavy atom. The van der Waals surface area contributed by atoms with Gasteiger partial charge in [0.2, 0.25) is 0 Å². The molecule has 0 spiro atoms. The number of piperidine rings is 1. The molecule has 1 aromatic heterocycles. The molecule has 126 valence electrons. The summed E-state index contributed by atoms with van der Waals surface area (Å²) in [5.41, 5.74) is 0.997. The van der Waals surface area contributed by atoms with E-state index in [9.17, 15) is 0 Å². The Labute approximate surface area is 150 Å². The molecule has 0 aliphatic carbocycles. The lowest BCUT2D eigenvalue weighted by atomic mass is 10.0. The summed E-state index contributed by atoms with van der Waals surface area (Å²) < 4.78 is 5.36. The highest BCUT2D eigenvalue weighted by Gasteiger charge is 2.19. The first-order chi connectivity index (χ1) is 10.1. The Hall–Kier alpha value is -0.790. The normalized spacial score (nSPS) is 19.2. The van der Waals surface area contributed by atoms with Crippen LogP contribution in [0, 0.1) is 5.92 Å². The lowest BCUT2D eigenvalue weighted by Gasteiger charge is -2.33. The maximum absolute atomic E-state index is 5.36. The van der Waals surface area contributed by atoms with E-state index in [-0.39, 0.29) is 24.0 Å². The number of halogens is 1. The van der Waals surface area contributed by atoms with Crippen LogP contribution in [0.3, 0.4) is 0 Å². The molecule has 6 heteroatoms. The van der Waals surface area contributed by atoms with Gasteiger partial charge in [0.05, 0.1) is 5.69 Å². The van der Waals surface area contributed by atoms with Gasteiger partial charge in [0.15, 0.2) is 11.7 Å². The van der Waals surface area contributed by atoms with Gasteiger partial charge in [-0.05, 0) is 31.6 Å². The number of rotatable bonds is 4. The highest BCUT2D eigenvalue weighted by Crippen LogP contribution is 2.17. The van der Waals surface area contributed by atoms with Crippen molar-refractivity contribution in [3.05, 3.63) is 17.5 Å². The van der Waals surface area contributed by atoms with Gasteiger partial charge < -0.3 is 14.7 Å². The van der Waals surface area contributed by atoms with Crippen molar-refractivity contribution in [3.8, 4) is 0 Å². The van der Waals surface area contributed by atoms with Crippen LogP contribution in [0.1, 0.15) is 57.9 Å². The van der Waals surface area contributed by atoms with E-state index in [2.05, 4.69) is 43.1 Å². The smallest absolute Gasteiger partial charge is 0.194 e. The van der Waals surface area contributed by atoms with Crippen LogP contribution in [0.5, 0.6) is 0 Å².